The van der Waals surface area contributed by atoms with Crippen molar-refractivity contribution in [2.75, 3.05) is 5.32 Å². The van der Waals surface area contributed by atoms with Crippen molar-refractivity contribution >= 4 is 17.5 Å². The molecule has 0 fully saturated rings. The van der Waals surface area contributed by atoms with Crippen LogP contribution in [0.25, 0.3) is 0 Å². The number of rotatable bonds is 6. The van der Waals surface area contributed by atoms with Crippen molar-refractivity contribution in [3.05, 3.63) is 90.0 Å². The Morgan fingerprint density at radius 1 is 0.923 bits per heavy atom. The third-order valence-electron chi connectivity index (χ3n) is 3.46. The molecule has 130 valence electrons. The van der Waals surface area contributed by atoms with Crippen LogP contribution in [0, 0.1) is 0 Å². The topological polar surface area (TPSA) is 93.2 Å². The van der Waals surface area contributed by atoms with Crippen LogP contribution in [-0.2, 0) is 11.4 Å². The van der Waals surface area contributed by atoms with Crippen molar-refractivity contribution in [3.63, 3.8) is 0 Å². The molecule has 0 saturated heterocycles. The van der Waals surface area contributed by atoms with Gasteiger partial charge in [0.05, 0.1) is 24.1 Å². The zero-order valence-electron chi connectivity index (χ0n) is 13.8. The number of para-hydroxylation sites is 1. The number of nitrogens with zero attached hydrogens (tertiary/aromatic N) is 2. The average molecular weight is 348 g/mol. The van der Waals surface area contributed by atoms with Crippen molar-refractivity contribution in [2.45, 2.75) is 6.61 Å². The summed E-state index contributed by atoms with van der Waals surface area (Å²) < 4.78 is 0. The first-order valence-corrected chi connectivity index (χ1v) is 7.86. The van der Waals surface area contributed by atoms with Gasteiger partial charge in [-0.2, -0.15) is 0 Å². The van der Waals surface area contributed by atoms with Crippen LogP contribution in [0.4, 0.5) is 5.69 Å². The Hall–Kier alpha value is -3.58. The van der Waals surface area contributed by atoms with Gasteiger partial charge in [-0.25, -0.2) is 10.5 Å². The van der Waals surface area contributed by atoms with Gasteiger partial charge in [0, 0.05) is 12.4 Å². The highest BCUT2D eigenvalue weighted by Crippen LogP contribution is 2.16. The van der Waals surface area contributed by atoms with Gasteiger partial charge in [0.1, 0.15) is 5.69 Å². The number of carbonyl (C=O) groups is 2. The summed E-state index contributed by atoms with van der Waals surface area (Å²) >= 11 is 0. The van der Waals surface area contributed by atoms with Crippen LogP contribution in [0.2, 0.25) is 0 Å². The molecular formula is C19H16N4O3. The smallest absolute Gasteiger partial charge is 0.276 e. The number of aromatic nitrogens is 2. The predicted molar refractivity (Wildman–Crippen MR) is 95.1 cm³/mol. The number of carbonyl (C=O) groups excluding carboxylic acids is 2. The van der Waals surface area contributed by atoms with Gasteiger partial charge in [0.25, 0.3) is 11.8 Å². The summed E-state index contributed by atoms with van der Waals surface area (Å²) in [7, 11) is 0. The minimum atomic E-state index is -0.462. The highest BCUT2D eigenvalue weighted by Gasteiger charge is 2.15. The molecule has 2 N–H and O–H groups in total. The molecule has 7 heteroatoms. The van der Waals surface area contributed by atoms with E-state index in [-0.39, 0.29) is 17.9 Å². The molecule has 0 unspecified atom stereocenters. The molecule has 3 rings (SSSR count). The van der Waals surface area contributed by atoms with Gasteiger partial charge in [-0.3, -0.25) is 19.4 Å². The summed E-state index contributed by atoms with van der Waals surface area (Å²) in [6, 6.07) is 16.1. The van der Waals surface area contributed by atoms with Crippen LogP contribution >= 0.6 is 0 Å². The van der Waals surface area contributed by atoms with E-state index in [1.54, 1.807) is 24.3 Å². The molecule has 3 aromatic rings. The summed E-state index contributed by atoms with van der Waals surface area (Å²) in [6.07, 6.45) is 4.24. The summed E-state index contributed by atoms with van der Waals surface area (Å²) in [5.41, 5.74) is 4.09. The Bertz CT molecular complexity index is 886. The second-order valence-electron chi connectivity index (χ2n) is 5.30. The van der Waals surface area contributed by atoms with Crippen LogP contribution < -0.4 is 10.8 Å². The molecule has 0 aliphatic carbocycles. The number of amides is 2. The normalized spacial score (nSPS) is 10.2. The second kappa shape index (κ2) is 8.50. The van der Waals surface area contributed by atoms with E-state index >= 15 is 0 Å². The van der Waals surface area contributed by atoms with Gasteiger partial charge in [-0.15, -0.1) is 0 Å². The number of benzene rings is 2. The fraction of sp³-hybridized carbons (Fsp3) is 0.0526. The van der Waals surface area contributed by atoms with Crippen LogP contribution in [0.15, 0.2) is 73.2 Å². The molecule has 0 atom stereocenters. The average Bonchev–Trinajstić information content (AvgIpc) is 2.70. The zero-order chi connectivity index (χ0) is 18.2. The van der Waals surface area contributed by atoms with Gasteiger partial charge in [-0.1, -0.05) is 42.5 Å². The molecule has 1 heterocycles. The van der Waals surface area contributed by atoms with Gasteiger partial charge in [0.2, 0.25) is 0 Å². The Labute approximate surface area is 150 Å². The van der Waals surface area contributed by atoms with Crippen molar-refractivity contribution in [3.8, 4) is 0 Å². The molecule has 0 radical (unpaired) electrons. The quantitative estimate of drug-likeness (QED) is 0.668. The van der Waals surface area contributed by atoms with E-state index in [9.17, 15) is 9.59 Å². The molecule has 0 spiro atoms. The molecule has 2 aromatic carbocycles. The number of nitrogens with one attached hydrogen (secondary N) is 2. The number of hydrogen-bond donors (Lipinski definition) is 2. The lowest BCUT2D eigenvalue weighted by atomic mass is 10.1. The maximum Gasteiger partial charge on any atom is 0.276 e. The van der Waals surface area contributed by atoms with Crippen molar-refractivity contribution in [1.29, 1.82) is 0 Å². The highest BCUT2D eigenvalue weighted by molar-refractivity contribution is 6.07. The molecule has 0 aliphatic heterocycles. The SMILES string of the molecule is O=C(Nc1ccccc1C(=O)NOCc1ccccc1)c1cnccn1. The second-order valence-corrected chi connectivity index (χ2v) is 5.30. The Morgan fingerprint density at radius 3 is 2.46 bits per heavy atom. The van der Waals surface area contributed by atoms with E-state index in [0.29, 0.717) is 5.69 Å². The Kier molecular flexibility index (Phi) is 5.64. The molecule has 0 saturated carbocycles. The van der Waals surface area contributed by atoms with Gasteiger partial charge in [-0.05, 0) is 17.7 Å². The standard InChI is InChI=1S/C19H16N4O3/c24-18(23-26-13-14-6-2-1-3-7-14)15-8-4-5-9-16(15)22-19(25)17-12-20-10-11-21-17/h1-12H,13H2,(H,22,25)(H,23,24). The van der Waals surface area contributed by atoms with Crippen LogP contribution in [0.3, 0.4) is 0 Å². The lowest BCUT2D eigenvalue weighted by molar-refractivity contribution is 0.0234. The Morgan fingerprint density at radius 2 is 1.69 bits per heavy atom. The Balaban J connectivity index is 1.64. The summed E-state index contributed by atoms with van der Waals surface area (Å²) in [5, 5.41) is 2.66. The van der Waals surface area contributed by atoms with Gasteiger partial charge >= 0.3 is 0 Å². The number of hydrogen-bond acceptors (Lipinski definition) is 5. The first-order chi connectivity index (χ1) is 12.7. The van der Waals surface area contributed by atoms with Crippen LogP contribution in [0.1, 0.15) is 26.4 Å². The van der Waals surface area contributed by atoms with Gasteiger partial charge < -0.3 is 5.32 Å². The van der Waals surface area contributed by atoms with E-state index in [0.717, 1.165) is 5.56 Å². The monoisotopic (exact) mass is 348 g/mol. The van der Waals surface area contributed by atoms with Crippen molar-refractivity contribution < 1.29 is 14.4 Å². The van der Waals surface area contributed by atoms with Gasteiger partial charge in [0.15, 0.2) is 0 Å². The molecular weight excluding hydrogens is 332 g/mol. The minimum absolute atomic E-state index is 0.156. The molecule has 0 bridgehead atoms. The number of hydroxylamine groups is 1. The van der Waals surface area contributed by atoms with Crippen molar-refractivity contribution in [2.24, 2.45) is 0 Å². The third kappa shape index (κ3) is 4.49. The lowest BCUT2D eigenvalue weighted by Crippen LogP contribution is -2.25. The summed E-state index contributed by atoms with van der Waals surface area (Å²) in [6.45, 7) is 0.237. The van der Waals surface area contributed by atoms with Crippen LogP contribution in [-0.4, -0.2) is 21.8 Å². The van der Waals surface area contributed by atoms with Crippen molar-refractivity contribution in [1.82, 2.24) is 15.4 Å². The summed E-state index contributed by atoms with van der Waals surface area (Å²) in [4.78, 5) is 37.6. The third-order valence-corrected chi connectivity index (χ3v) is 3.46. The van der Waals surface area contributed by atoms with E-state index < -0.39 is 11.8 Å². The fourth-order valence-corrected chi connectivity index (χ4v) is 2.21. The largest absolute Gasteiger partial charge is 0.320 e. The molecule has 0 aliphatic rings. The maximum atomic E-state index is 12.4. The first-order valence-electron chi connectivity index (χ1n) is 7.86. The summed E-state index contributed by atoms with van der Waals surface area (Å²) in [5.74, 6) is -0.917. The first kappa shape index (κ1) is 17.2. The van der Waals surface area contributed by atoms with E-state index in [1.807, 2.05) is 30.3 Å². The fourth-order valence-electron chi connectivity index (χ4n) is 2.21. The number of anilines is 1. The lowest BCUT2D eigenvalue weighted by Gasteiger charge is -2.11. The van der Waals surface area contributed by atoms with Crippen LogP contribution in [0.5, 0.6) is 0 Å². The molecule has 7 nitrogen and oxygen atoms in total. The molecule has 26 heavy (non-hydrogen) atoms. The predicted octanol–water partition coefficient (Wildman–Crippen LogP) is 2.59. The van der Waals surface area contributed by atoms with E-state index in [1.165, 1.54) is 18.6 Å². The maximum absolute atomic E-state index is 12.4. The van der Waals surface area contributed by atoms with E-state index in [4.69, 9.17) is 4.84 Å². The highest BCUT2D eigenvalue weighted by atomic mass is 16.6. The molecule has 2 amide bonds. The minimum Gasteiger partial charge on any atom is -0.320 e. The molecule has 1 aromatic heterocycles. The van der Waals surface area contributed by atoms with E-state index in [2.05, 4.69) is 20.8 Å². The zero-order valence-corrected chi connectivity index (χ0v) is 13.8.